The fraction of sp³-hybridized carbons (Fsp3) is 0. The van der Waals surface area contributed by atoms with Crippen molar-refractivity contribution >= 4 is 5.97 Å². The molecule has 0 atom stereocenters. The van der Waals surface area contributed by atoms with Crippen LogP contribution in [0.4, 0.5) is 17.6 Å². The minimum atomic E-state index is -1.22. The number of hydrogen-bond acceptors (Lipinski definition) is 5. The monoisotopic (exact) mass is 712 g/mol. The molecule has 0 aliphatic carbocycles. The maximum absolute atomic E-state index is 13.2. The maximum Gasteiger partial charge on any atom is 0.358 e. The number of halogens is 4. The van der Waals surface area contributed by atoms with Crippen LogP contribution in [0.25, 0.3) is 22.5 Å². The number of nitrogens with zero attached hydrogens (tertiary/aromatic N) is 3. The third kappa shape index (κ3) is 9.10. The van der Waals surface area contributed by atoms with Crippen LogP contribution in [0.5, 0.6) is 5.75 Å². The third-order valence-electron chi connectivity index (χ3n) is 4.55. The summed E-state index contributed by atoms with van der Waals surface area (Å²) in [6.45, 7) is 0. The van der Waals surface area contributed by atoms with Crippen LogP contribution in [-0.4, -0.2) is 31.1 Å². The Balaban J connectivity index is 0.000000206. The number of carbonyl (C=O) groups is 1. The standard InChI is InChI=1S/2C11H6F2N.C6H5NO3.Ir/c2*12-8-4-5-9(10(13)7-8)11-3-1-2-6-14-11;8-4-2-1-3-7-5(4)6(9)10;/h2*1-4,6-7H;1-3,8H,(H,9,10);/q2*-1;;. The number of benzene rings is 2. The van der Waals surface area contributed by atoms with Crippen molar-refractivity contribution in [2.45, 2.75) is 0 Å². The second-order valence-electron chi connectivity index (χ2n) is 7.19. The van der Waals surface area contributed by atoms with E-state index < -0.39 is 29.2 Å². The molecule has 5 rings (SSSR count). The van der Waals surface area contributed by atoms with Gasteiger partial charge in [-0.15, -0.1) is 24.3 Å². The van der Waals surface area contributed by atoms with Crippen molar-refractivity contribution < 1.29 is 52.7 Å². The van der Waals surface area contributed by atoms with E-state index in [2.05, 4.69) is 27.1 Å². The van der Waals surface area contributed by atoms with Crippen LogP contribution < -0.4 is 0 Å². The van der Waals surface area contributed by atoms with Crippen LogP contribution >= 0.6 is 0 Å². The van der Waals surface area contributed by atoms with Gasteiger partial charge in [0.1, 0.15) is 5.75 Å². The van der Waals surface area contributed by atoms with Crippen molar-refractivity contribution in [3.05, 3.63) is 132 Å². The Labute approximate surface area is 234 Å². The van der Waals surface area contributed by atoms with E-state index in [1.807, 2.05) is 0 Å². The normalized spacial score (nSPS) is 9.64. The first-order valence-electron chi connectivity index (χ1n) is 10.7. The molecule has 3 aromatic heterocycles. The van der Waals surface area contributed by atoms with Crippen LogP contribution in [0.15, 0.2) is 91.4 Å². The van der Waals surface area contributed by atoms with Gasteiger partial charge in [0.25, 0.3) is 0 Å². The first-order chi connectivity index (χ1) is 18.3. The molecule has 0 saturated heterocycles. The van der Waals surface area contributed by atoms with E-state index in [9.17, 15) is 22.4 Å². The van der Waals surface area contributed by atoms with E-state index in [4.69, 9.17) is 10.2 Å². The van der Waals surface area contributed by atoms with E-state index >= 15 is 0 Å². The molecule has 0 aliphatic rings. The van der Waals surface area contributed by atoms with Crippen molar-refractivity contribution in [2.75, 3.05) is 0 Å². The average Bonchev–Trinajstić information content (AvgIpc) is 2.91. The van der Waals surface area contributed by atoms with Gasteiger partial charge in [0.05, 0.1) is 0 Å². The maximum atomic E-state index is 13.2. The second kappa shape index (κ2) is 15.1. The number of carboxylic acid groups (broad SMARTS) is 1. The molecule has 11 heteroatoms. The molecule has 5 aromatic rings. The average molecular weight is 712 g/mol. The molecule has 0 amide bonds. The summed E-state index contributed by atoms with van der Waals surface area (Å²) in [4.78, 5) is 21.5. The molecule has 0 unspecified atom stereocenters. The zero-order valence-corrected chi connectivity index (χ0v) is 22.0. The number of aromatic carboxylic acids is 1. The van der Waals surface area contributed by atoms with E-state index in [0.29, 0.717) is 11.4 Å². The molecule has 2 N–H and O–H groups in total. The largest absolute Gasteiger partial charge is 0.505 e. The van der Waals surface area contributed by atoms with Gasteiger partial charge in [-0.3, -0.25) is 17.6 Å². The van der Waals surface area contributed by atoms with Crippen molar-refractivity contribution in [1.29, 1.82) is 0 Å². The molecule has 3 heterocycles. The van der Waals surface area contributed by atoms with Gasteiger partial charge < -0.3 is 20.2 Å². The summed E-state index contributed by atoms with van der Waals surface area (Å²) in [5.74, 6) is -4.11. The van der Waals surface area contributed by atoms with E-state index in [1.165, 1.54) is 18.3 Å². The van der Waals surface area contributed by atoms with Gasteiger partial charge in [-0.25, -0.2) is 9.78 Å². The first-order valence-corrected chi connectivity index (χ1v) is 10.7. The third-order valence-corrected chi connectivity index (χ3v) is 4.55. The Hall–Kier alpha value is -4.47. The van der Waals surface area contributed by atoms with Gasteiger partial charge >= 0.3 is 5.97 Å². The number of carboxylic acids is 1. The first kappa shape index (κ1) is 30.8. The van der Waals surface area contributed by atoms with Crippen LogP contribution in [0.2, 0.25) is 0 Å². The van der Waals surface area contributed by atoms with Gasteiger partial charge in [-0.05, 0) is 35.7 Å². The zero-order chi connectivity index (χ0) is 27.5. The summed E-state index contributed by atoms with van der Waals surface area (Å²) in [5.41, 5.74) is 0.955. The summed E-state index contributed by atoms with van der Waals surface area (Å²) in [5, 5.41) is 17.2. The molecule has 201 valence electrons. The Morgan fingerprint density at radius 3 is 1.49 bits per heavy atom. The SMILES string of the molecule is Fc1c[c-]c(-c2ccccn2)c(F)c1.Fc1c[c-]c(-c2ccccn2)c(F)c1.O=C(O)c1ncccc1O.[Ir]. The Kier molecular flexibility index (Phi) is 11.9. The molecule has 0 fully saturated rings. The Bertz CT molecular complexity index is 1420. The summed E-state index contributed by atoms with van der Waals surface area (Å²) in [6, 6.07) is 21.8. The van der Waals surface area contributed by atoms with E-state index in [-0.39, 0.29) is 42.7 Å². The van der Waals surface area contributed by atoms with E-state index in [1.54, 1.807) is 48.8 Å². The summed E-state index contributed by atoms with van der Waals surface area (Å²) in [6.07, 6.45) is 4.40. The van der Waals surface area contributed by atoms with Gasteiger partial charge in [0, 0.05) is 62.0 Å². The van der Waals surface area contributed by atoms with Crippen molar-refractivity contribution in [2.24, 2.45) is 0 Å². The van der Waals surface area contributed by atoms with Crippen LogP contribution in [-0.2, 0) is 20.1 Å². The minimum Gasteiger partial charge on any atom is -0.505 e. The summed E-state index contributed by atoms with van der Waals surface area (Å²) in [7, 11) is 0. The molecule has 0 aliphatic heterocycles. The minimum absolute atomic E-state index is 0. The number of rotatable bonds is 3. The fourth-order valence-corrected chi connectivity index (χ4v) is 2.87. The molecule has 0 saturated carbocycles. The Morgan fingerprint density at radius 1 is 0.692 bits per heavy atom. The predicted octanol–water partition coefficient (Wildman–Crippen LogP) is 6.14. The smallest absolute Gasteiger partial charge is 0.358 e. The molecular weight excluding hydrogens is 695 g/mol. The molecule has 6 nitrogen and oxygen atoms in total. The van der Waals surface area contributed by atoms with Gasteiger partial charge in [0.15, 0.2) is 5.69 Å². The van der Waals surface area contributed by atoms with Gasteiger partial charge in [-0.1, -0.05) is 47.5 Å². The van der Waals surface area contributed by atoms with Gasteiger partial charge in [0.2, 0.25) is 0 Å². The number of aromatic hydroxyl groups is 1. The zero-order valence-electron chi connectivity index (χ0n) is 19.6. The molecular formula is C28H17F4IrN3O3-2. The van der Waals surface area contributed by atoms with Crippen LogP contribution in [0.1, 0.15) is 10.5 Å². The van der Waals surface area contributed by atoms with E-state index in [0.717, 1.165) is 24.3 Å². The topological polar surface area (TPSA) is 96.2 Å². The number of hydrogen-bond donors (Lipinski definition) is 2. The molecule has 39 heavy (non-hydrogen) atoms. The van der Waals surface area contributed by atoms with Crippen molar-refractivity contribution in [3.8, 4) is 28.3 Å². The van der Waals surface area contributed by atoms with Crippen molar-refractivity contribution in [3.63, 3.8) is 0 Å². The number of pyridine rings is 3. The fourth-order valence-electron chi connectivity index (χ4n) is 2.87. The Morgan fingerprint density at radius 2 is 1.15 bits per heavy atom. The quantitative estimate of drug-likeness (QED) is 0.173. The predicted molar refractivity (Wildman–Crippen MR) is 130 cm³/mol. The second-order valence-corrected chi connectivity index (χ2v) is 7.19. The van der Waals surface area contributed by atoms with Crippen LogP contribution in [0.3, 0.4) is 0 Å². The molecule has 2 aromatic carbocycles. The molecule has 1 radical (unpaired) electrons. The summed E-state index contributed by atoms with van der Waals surface area (Å²) < 4.78 is 51.6. The van der Waals surface area contributed by atoms with Crippen molar-refractivity contribution in [1.82, 2.24) is 15.0 Å². The molecule has 0 spiro atoms. The summed E-state index contributed by atoms with van der Waals surface area (Å²) >= 11 is 0. The number of aromatic nitrogens is 3. The van der Waals surface area contributed by atoms with Gasteiger partial charge in [-0.2, -0.15) is 0 Å². The molecule has 0 bridgehead atoms. The van der Waals surface area contributed by atoms with Crippen LogP contribution in [0, 0.1) is 35.4 Å².